The molecule has 0 saturated carbocycles. The molecule has 1 N–H and O–H groups in total. The molecule has 1 aromatic rings. The average molecular weight is 207 g/mol. The zero-order valence-electron chi connectivity index (χ0n) is 9.61. The van der Waals surface area contributed by atoms with Gasteiger partial charge >= 0.3 is 0 Å². The number of carbonyl (C=O) groups is 1. The molecule has 0 aliphatic heterocycles. The van der Waals surface area contributed by atoms with Gasteiger partial charge in [0.1, 0.15) is 0 Å². The summed E-state index contributed by atoms with van der Waals surface area (Å²) in [5.74, 6) is -0.0636. The summed E-state index contributed by atoms with van der Waals surface area (Å²) in [6, 6.07) is -0.0122. The number of carbonyl (C=O) groups excluding carboxylic acids is 1. The van der Waals surface area contributed by atoms with E-state index >= 15 is 0 Å². The maximum Gasteiger partial charge on any atom is 0.244 e. The molecule has 1 unspecified atom stereocenters. The smallest absolute Gasteiger partial charge is 0.244 e. The molecule has 4 heteroatoms. The largest absolute Gasteiger partial charge is 0.346 e. The van der Waals surface area contributed by atoms with Crippen molar-refractivity contribution in [2.45, 2.75) is 26.8 Å². The van der Waals surface area contributed by atoms with Crippen molar-refractivity contribution in [3.05, 3.63) is 29.6 Å². The lowest BCUT2D eigenvalue weighted by Crippen LogP contribution is -2.24. The van der Waals surface area contributed by atoms with Gasteiger partial charge in [0, 0.05) is 24.9 Å². The maximum atomic E-state index is 11.4. The highest BCUT2D eigenvalue weighted by molar-refractivity contribution is 5.88. The molecule has 1 amide bonds. The lowest BCUT2D eigenvalue weighted by molar-refractivity contribution is -0.117. The second kappa shape index (κ2) is 4.77. The molecular formula is C11H17N3O. The summed E-state index contributed by atoms with van der Waals surface area (Å²) in [6.45, 7) is 5.73. The van der Waals surface area contributed by atoms with Crippen molar-refractivity contribution in [3.63, 3.8) is 0 Å². The fourth-order valence-electron chi connectivity index (χ4n) is 1.26. The molecule has 0 spiro atoms. The molecule has 1 heterocycles. The Morgan fingerprint density at radius 1 is 1.60 bits per heavy atom. The van der Waals surface area contributed by atoms with Gasteiger partial charge in [-0.25, -0.2) is 0 Å². The summed E-state index contributed by atoms with van der Waals surface area (Å²) >= 11 is 0. The molecule has 0 saturated heterocycles. The molecule has 0 aromatic carbocycles. The predicted molar refractivity (Wildman–Crippen MR) is 59.2 cm³/mol. The normalized spacial score (nSPS) is 12.0. The number of amides is 1. The van der Waals surface area contributed by atoms with Crippen LogP contribution in [0.3, 0.4) is 0 Å². The number of aromatic nitrogens is 2. The first-order valence-electron chi connectivity index (χ1n) is 4.93. The molecule has 0 bridgehead atoms. The molecule has 0 radical (unpaired) electrons. The Balaban J connectivity index is 2.60. The highest BCUT2D eigenvalue weighted by Crippen LogP contribution is 2.09. The van der Waals surface area contributed by atoms with Crippen LogP contribution >= 0.6 is 0 Å². The minimum atomic E-state index is -0.0636. The monoisotopic (exact) mass is 207 g/mol. The third-order valence-corrected chi connectivity index (χ3v) is 2.00. The van der Waals surface area contributed by atoms with Gasteiger partial charge in [0.25, 0.3) is 0 Å². The van der Waals surface area contributed by atoms with E-state index in [0.29, 0.717) is 0 Å². The van der Waals surface area contributed by atoms with Crippen LogP contribution in [0.2, 0.25) is 0 Å². The first-order chi connectivity index (χ1) is 6.99. The fraction of sp³-hybridized carbons (Fsp3) is 0.455. The van der Waals surface area contributed by atoms with Crippen molar-refractivity contribution in [1.29, 1.82) is 0 Å². The van der Waals surface area contributed by atoms with E-state index in [-0.39, 0.29) is 11.9 Å². The molecule has 0 aliphatic carbocycles. The van der Waals surface area contributed by atoms with E-state index in [1.54, 1.807) is 17.0 Å². The van der Waals surface area contributed by atoms with E-state index < -0.39 is 0 Å². The lowest BCUT2D eigenvalue weighted by Gasteiger charge is -2.10. The maximum absolute atomic E-state index is 11.4. The Morgan fingerprint density at radius 3 is 2.73 bits per heavy atom. The summed E-state index contributed by atoms with van der Waals surface area (Å²) in [6.07, 6.45) is 5.24. The summed E-state index contributed by atoms with van der Waals surface area (Å²) in [5, 5.41) is 6.93. The van der Waals surface area contributed by atoms with Gasteiger partial charge in [0.2, 0.25) is 5.91 Å². The van der Waals surface area contributed by atoms with Crippen molar-refractivity contribution >= 4 is 5.91 Å². The van der Waals surface area contributed by atoms with Crippen molar-refractivity contribution in [1.82, 2.24) is 15.1 Å². The standard InChI is InChI=1S/C11H17N3O/c1-8(2)5-11(15)13-9(3)10-6-12-14(4)7-10/h5-7,9H,1-4H3,(H,13,15). The van der Waals surface area contributed by atoms with Crippen LogP contribution in [0.5, 0.6) is 0 Å². The fourth-order valence-corrected chi connectivity index (χ4v) is 1.26. The van der Waals surface area contributed by atoms with Crippen LogP contribution in [0.4, 0.5) is 0 Å². The highest BCUT2D eigenvalue weighted by Gasteiger charge is 2.08. The Morgan fingerprint density at radius 2 is 2.27 bits per heavy atom. The molecule has 82 valence electrons. The molecule has 1 rings (SSSR count). The van der Waals surface area contributed by atoms with Crippen LogP contribution in [-0.2, 0) is 11.8 Å². The van der Waals surface area contributed by atoms with Gasteiger partial charge in [0.05, 0.1) is 12.2 Å². The van der Waals surface area contributed by atoms with Gasteiger partial charge in [-0.2, -0.15) is 5.10 Å². The van der Waals surface area contributed by atoms with Crippen LogP contribution in [0, 0.1) is 0 Å². The predicted octanol–water partition coefficient (Wildman–Crippen LogP) is 1.56. The Labute approximate surface area is 90.0 Å². The third kappa shape index (κ3) is 3.58. The molecule has 0 aliphatic rings. The third-order valence-electron chi connectivity index (χ3n) is 2.00. The number of hydrogen-bond donors (Lipinski definition) is 1. The summed E-state index contributed by atoms with van der Waals surface area (Å²) < 4.78 is 1.72. The van der Waals surface area contributed by atoms with E-state index in [9.17, 15) is 4.79 Å². The SMILES string of the molecule is CC(C)=CC(=O)NC(C)c1cnn(C)c1. The van der Waals surface area contributed by atoms with Gasteiger partial charge in [-0.1, -0.05) is 5.57 Å². The van der Waals surface area contributed by atoms with E-state index in [0.717, 1.165) is 11.1 Å². The van der Waals surface area contributed by atoms with E-state index in [4.69, 9.17) is 0 Å². The summed E-state index contributed by atoms with van der Waals surface area (Å²) in [4.78, 5) is 11.4. The number of aryl methyl sites for hydroxylation is 1. The number of allylic oxidation sites excluding steroid dienone is 1. The van der Waals surface area contributed by atoms with Crippen LogP contribution in [0.25, 0.3) is 0 Å². The van der Waals surface area contributed by atoms with Crippen LogP contribution in [0.1, 0.15) is 32.4 Å². The number of nitrogens with zero attached hydrogens (tertiary/aromatic N) is 2. The summed E-state index contributed by atoms with van der Waals surface area (Å²) in [7, 11) is 1.86. The zero-order valence-corrected chi connectivity index (χ0v) is 9.61. The highest BCUT2D eigenvalue weighted by atomic mass is 16.1. The van der Waals surface area contributed by atoms with Gasteiger partial charge in [-0.3, -0.25) is 9.48 Å². The lowest BCUT2D eigenvalue weighted by atomic mass is 10.2. The Hall–Kier alpha value is -1.58. The molecule has 15 heavy (non-hydrogen) atoms. The van der Waals surface area contributed by atoms with Gasteiger partial charge < -0.3 is 5.32 Å². The van der Waals surface area contributed by atoms with Crippen molar-refractivity contribution < 1.29 is 4.79 Å². The first kappa shape index (κ1) is 11.5. The average Bonchev–Trinajstić information content (AvgIpc) is 2.49. The quantitative estimate of drug-likeness (QED) is 0.765. The minimum Gasteiger partial charge on any atom is -0.346 e. The van der Waals surface area contributed by atoms with Crippen molar-refractivity contribution in [2.75, 3.05) is 0 Å². The molecule has 1 aromatic heterocycles. The van der Waals surface area contributed by atoms with Crippen LogP contribution in [-0.4, -0.2) is 15.7 Å². The van der Waals surface area contributed by atoms with Crippen LogP contribution in [0.15, 0.2) is 24.0 Å². The minimum absolute atomic E-state index is 0.0122. The van der Waals surface area contributed by atoms with Gasteiger partial charge in [-0.05, 0) is 20.8 Å². The van der Waals surface area contributed by atoms with Gasteiger partial charge in [0.15, 0.2) is 0 Å². The van der Waals surface area contributed by atoms with E-state index in [1.165, 1.54) is 0 Å². The van der Waals surface area contributed by atoms with Crippen molar-refractivity contribution in [2.24, 2.45) is 7.05 Å². The Kier molecular flexibility index (Phi) is 3.66. The second-order valence-electron chi connectivity index (χ2n) is 3.90. The van der Waals surface area contributed by atoms with Gasteiger partial charge in [-0.15, -0.1) is 0 Å². The Bertz CT molecular complexity index is 375. The second-order valence-corrected chi connectivity index (χ2v) is 3.90. The number of nitrogens with one attached hydrogen (secondary N) is 1. The molecule has 4 nitrogen and oxygen atoms in total. The zero-order chi connectivity index (χ0) is 11.4. The topological polar surface area (TPSA) is 46.9 Å². The van der Waals surface area contributed by atoms with E-state index in [2.05, 4.69) is 10.4 Å². The van der Waals surface area contributed by atoms with E-state index in [1.807, 2.05) is 34.0 Å². The number of rotatable bonds is 3. The number of hydrogen-bond acceptors (Lipinski definition) is 2. The van der Waals surface area contributed by atoms with Crippen molar-refractivity contribution in [3.8, 4) is 0 Å². The summed E-state index contributed by atoms with van der Waals surface area (Å²) in [5.41, 5.74) is 2.00. The first-order valence-corrected chi connectivity index (χ1v) is 4.93. The molecule has 0 fully saturated rings. The molecular weight excluding hydrogens is 190 g/mol. The van der Waals surface area contributed by atoms with Crippen LogP contribution < -0.4 is 5.32 Å². The molecule has 1 atom stereocenters.